The number of hydrogen-bond donors (Lipinski definition) is 1. The molecule has 2 heterocycles. The maximum absolute atomic E-state index is 5.34. The van der Waals surface area contributed by atoms with Crippen LogP contribution in [0.3, 0.4) is 0 Å². The van der Waals surface area contributed by atoms with Crippen LogP contribution in [0, 0.1) is 0 Å². The number of piperidine rings is 1. The average molecular weight is 244 g/mol. The minimum absolute atomic E-state index is 0. The van der Waals surface area contributed by atoms with E-state index in [-0.39, 0.29) is 12.4 Å². The van der Waals surface area contributed by atoms with Crippen LogP contribution >= 0.6 is 12.4 Å². The Bertz CT molecular complexity index is 332. The molecule has 1 aromatic rings. The minimum Gasteiger partial charge on any atom is -0.339 e. The van der Waals surface area contributed by atoms with Gasteiger partial charge in [-0.15, -0.1) is 12.4 Å². The van der Waals surface area contributed by atoms with Gasteiger partial charge in [0.05, 0.1) is 0 Å². The highest BCUT2D eigenvalue weighted by Crippen LogP contribution is 2.36. The van der Waals surface area contributed by atoms with E-state index in [1.165, 1.54) is 19.3 Å². The molecule has 0 atom stereocenters. The van der Waals surface area contributed by atoms with Crippen LogP contribution in [0.4, 0.5) is 0 Å². The molecule has 3 rings (SSSR count). The van der Waals surface area contributed by atoms with E-state index >= 15 is 0 Å². The first kappa shape index (κ1) is 11.9. The maximum atomic E-state index is 5.34. The summed E-state index contributed by atoms with van der Waals surface area (Å²) in [6.07, 6.45) is 6.06. The lowest BCUT2D eigenvalue weighted by Gasteiger charge is -2.21. The average Bonchev–Trinajstić information content (AvgIpc) is 2.66. The molecule has 1 aromatic heterocycles. The molecule has 1 aliphatic carbocycles. The molecule has 16 heavy (non-hydrogen) atoms. The van der Waals surface area contributed by atoms with Gasteiger partial charge in [0.15, 0.2) is 5.82 Å². The number of hydrogen-bond acceptors (Lipinski definition) is 4. The second-order valence-electron chi connectivity index (χ2n) is 4.64. The van der Waals surface area contributed by atoms with Crippen molar-refractivity contribution in [2.45, 2.75) is 43.9 Å². The van der Waals surface area contributed by atoms with Crippen molar-refractivity contribution in [2.24, 2.45) is 0 Å². The Morgan fingerprint density at radius 3 is 2.44 bits per heavy atom. The molecule has 1 saturated carbocycles. The largest absolute Gasteiger partial charge is 0.339 e. The Morgan fingerprint density at radius 1 is 1.06 bits per heavy atom. The van der Waals surface area contributed by atoms with E-state index in [2.05, 4.69) is 15.5 Å². The molecule has 4 nitrogen and oxygen atoms in total. The van der Waals surface area contributed by atoms with Gasteiger partial charge in [-0.25, -0.2) is 0 Å². The van der Waals surface area contributed by atoms with E-state index in [9.17, 15) is 0 Å². The number of rotatable bonds is 2. The normalized spacial score (nSPS) is 22.5. The van der Waals surface area contributed by atoms with E-state index in [4.69, 9.17) is 4.52 Å². The second-order valence-corrected chi connectivity index (χ2v) is 4.64. The van der Waals surface area contributed by atoms with Crippen molar-refractivity contribution in [3.05, 3.63) is 11.7 Å². The van der Waals surface area contributed by atoms with Gasteiger partial charge in [-0.2, -0.15) is 4.98 Å². The van der Waals surface area contributed by atoms with Gasteiger partial charge < -0.3 is 9.84 Å². The third kappa shape index (κ3) is 2.23. The molecule has 2 fully saturated rings. The van der Waals surface area contributed by atoms with Crippen LogP contribution in [0.2, 0.25) is 0 Å². The summed E-state index contributed by atoms with van der Waals surface area (Å²) in [5.74, 6) is 2.91. The van der Waals surface area contributed by atoms with Crippen molar-refractivity contribution in [2.75, 3.05) is 13.1 Å². The Labute approximate surface area is 102 Å². The molecule has 2 aliphatic rings. The Morgan fingerprint density at radius 2 is 1.81 bits per heavy atom. The van der Waals surface area contributed by atoms with Gasteiger partial charge in [-0.05, 0) is 38.8 Å². The van der Waals surface area contributed by atoms with E-state index in [1.54, 1.807) is 0 Å². The summed E-state index contributed by atoms with van der Waals surface area (Å²) in [5.41, 5.74) is 0. The molecule has 0 unspecified atom stereocenters. The third-order valence-corrected chi connectivity index (χ3v) is 3.62. The highest BCUT2D eigenvalue weighted by atomic mass is 35.5. The molecule has 90 valence electrons. The Hall–Kier alpha value is -0.610. The van der Waals surface area contributed by atoms with Crippen molar-refractivity contribution in [3.63, 3.8) is 0 Å². The Kier molecular flexibility index (Phi) is 3.82. The molecule has 1 saturated heterocycles. The first-order chi connectivity index (χ1) is 7.43. The zero-order chi connectivity index (χ0) is 10.1. The quantitative estimate of drug-likeness (QED) is 0.866. The number of halogens is 1. The predicted molar refractivity (Wildman–Crippen MR) is 63.0 cm³/mol. The lowest BCUT2D eigenvalue weighted by molar-refractivity contribution is 0.289. The van der Waals surface area contributed by atoms with Crippen LogP contribution in [0.1, 0.15) is 55.7 Å². The summed E-state index contributed by atoms with van der Waals surface area (Å²) in [5, 5.41) is 7.48. The van der Waals surface area contributed by atoms with Crippen molar-refractivity contribution in [1.82, 2.24) is 15.5 Å². The van der Waals surface area contributed by atoms with Crippen molar-refractivity contribution < 1.29 is 4.52 Å². The van der Waals surface area contributed by atoms with Gasteiger partial charge in [0.1, 0.15) is 0 Å². The summed E-state index contributed by atoms with van der Waals surface area (Å²) >= 11 is 0. The zero-order valence-electron chi connectivity index (χ0n) is 9.32. The summed E-state index contributed by atoms with van der Waals surface area (Å²) in [6.45, 7) is 2.16. The van der Waals surface area contributed by atoms with Crippen LogP contribution < -0.4 is 5.32 Å². The fraction of sp³-hybridized carbons (Fsp3) is 0.818. The molecule has 5 heteroatoms. The lowest BCUT2D eigenvalue weighted by Crippen LogP contribution is -2.27. The molecule has 0 aromatic carbocycles. The number of nitrogens with zero attached hydrogens (tertiary/aromatic N) is 2. The van der Waals surface area contributed by atoms with Crippen LogP contribution in [0.15, 0.2) is 4.52 Å². The van der Waals surface area contributed by atoms with Gasteiger partial charge in [0.2, 0.25) is 5.89 Å². The first-order valence-corrected chi connectivity index (χ1v) is 5.97. The standard InChI is InChI=1S/C11H17N3O.ClH/c1-2-9(3-1)11-13-10(14-15-11)8-4-6-12-7-5-8;/h8-9,12H,1-7H2;1H. The van der Waals surface area contributed by atoms with Gasteiger partial charge >= 0.3 is 0 Å². The summed E-state index contributed by atoms with van der Waals surface area (Å²) in [4.78, 5) is 4.55. The summed E-state index contributed by atoms with van der Waals surface area (Å²) < 4.78 is 5.34. The summed E-state index contributed by atoms with van der Waals surface area (Å²) in [6, 6.07) is 0. The van der Waals surface area contributed by atoms with Crippen LogP contribution in [0.25, 0.3) is 0 Å². The van der Waals surface area contributed by atoms with E-state index < -0.39 is 0 Å². The maximum Gasteiger partial charge on any atom is 0.229 e. The van der Waals surface area contributed by atoms with Crippen molar-refractivity contribution >= 4 is 12.4 Å². The minimum atomic E-state index is 0. The molecule has 0 radical (unpaired) electrons. The second kappa shape index (κ2) is 5.15. The van der Waals surface area contributed by atoms with Gasteiger partial charge in [-0.1, -0.05) is 11.6 Å². The van der Waals surface area contributed by atoms with Crippen LogP contribution in [-0.4, -0.2) is 23.2 Å². The number of aromatic nitrogens is 2. The molecule has 0 spiro atoms. The fourth-order valence-electron chi connectivity index (χ4n) is 2.31. The monoisotopic (exact) mass is 243 g/mol. The highest BCUT2D eigenvalue weighted by Gasteiger charge is 2.27. The SMILES string of the molecule is C1CC(c2nc(C3CCNCC3)no2)C1.Cl. The molecule has 1 aliphatic heterocycles. The molecule has 1 N–H and O–H groups in total. The Balaban J connectivity index is 0.000000963. The fourth-order valence-corrected chi connectivity index (χ4v) is 2.31. The van der Waals surface area contributed by atoms with Crippen molar-refractivity contribution in [1.29, 1.82) is 0 Å². The van der Waals surface area contributed by atoms with E-state index in [1.807, 2.05) is 0 Å². The molecular weight excluding hydrogens is 226 g/mol. The van der Waals surface area contributed by atoms with Gasteiger partial charge in [0, 0.05) is 11.8 Å². The highest BCUT2D eigenvalue weighted by molar-refractivity contribution is 5.85. The van der Waals surface area contributed by atoms with Gasteiger partial charge in [-0.3, -0.25) is 0 Å². The molecule has 0 bridgehead atoms. The number of nitrogens with one attached hydrogen (secondary N) is 1. The zero-order valence-corrected chi connectivity index (χ0v) is 10.1. The summed E-state index contributed by atoms with van der Waals surface area (Å²) in [7, 11) is 0. The van der Waals surface area contributed by atoms with Gasteiger partial charge in [0.25, 0.3) is 0 Å². The van der Waals surface area contributed by atoms with E-state index in [0.717, 1.165) is 37.6 Å². The smallest absolute Gasteiger partial charge is 0.229 e. The van der Waals surface area contributed by atoms with Crippen molar-refractivity contribution in [3.8, 4) is 0 Å². The topological polar surface area (TPSA) is 51.0 Å². The lowest BCUT2D eigenvalue weighted by atomic mass is 9.85. The first-order valence-electron chi connectivity index (χ1n) is 5.97. The predicted octanol–water partition coefficient (Wildman–Crippen LogP) is 2.23. The molecule has 0 amide bonds. The van der Waals surface area contributed by atoms with Crippen LogP contribution in [0.5, 0.6) is 0 Å². The molecular formula is C11H18ClN3O. The third-order valence-electron chi connectivity index (χ3n) is 3.62. The van der Waals surface area contributed by atoms with E-state index in [0.29, 0.717) is 11.8 Å². The van der Waals surface area contributed by atoms with Crippen LogP contribution in [-0.2, 0) is 0 Å².